The van der Waals surface area contributed by atoms with Crippen molar-refractivity contribution in [2.45, 2.75) is 12.4 Å². The fourth-order valence-electron chi connectivity index (χ4n) is 2.41. The van der Waals surface area contributed by atoms with Gasteiger partial charge in [-0.25, -0.2) is 9.98 Å². The molecule has 0 unspecified atom stereocenters. The van der Waals surface area contributed by atoms with Gasteiger partial charge < -0.3 is 4.74 Å². The molecule has 0 aliphatic heterocycles. The first kappa shape index (κ1) is 24.6. The van der Waals surface area contributed by atoms with Gasteiger partial charge in [-0.15, -0.1) is 0 Å². The summed E-state index contributed by atoms with van der Waals surface area (Å²) >= 11 is 11.7. The van der Waals surface area contributed by atoms with Crippen LogP contribution in [0.5, 0.6) is 11.6 Å². The quantitative estimate of drug-likeness (QED) is 0.177. The Hall–Kier alpha value is -3.09. The minimum atomic E-state index is -4.67. The number of aromatic nitrogens is 2. The van der Waals surface area contributed by atoms with Crippen LogP contribution in [-0.2, 0) is 12.4 Å². The van der Waals surface area contributed by atoms with Crippen LogP contribution in [0.15, 0.2) is 53.8 Å². The normalized spacial score (nSPS) is 12.6. The van der Waals surface area contributed by atoms with Crippen molar-refractivity contribution in [3.63, 3.8) is 0 Å². The molecule has 0 radical (unpaired) electrons. The Balaban J connectivity index is 1.88. The van der Waals surface area contributed by atoms with E-state index in [1.54, 1.807) is 5.48 Å². The molecule has 0 aliphatic carbocycles. The molecule has 14 heteroatoms. The number of aliphatic imine (C=N–C) groups is 1. The van der Waals surface area contributed by atoms with Gasteiger partial charge in [-0.1, -0.05) is 29.3 Å². The average molecular weight is 511 g/mol. The third kappa shape index (κ3) is 6.03. The third-order valence-electron chi connectivity index (χ3n) is 3.91. The summed E-state index contributed by atoms with van der Waals surface area (Å²) in [4.78, 5) is 11.2. The lowest BCUT2D eigenvalue weighted by atomic mass is 10.2. The summed E-state index contributed by atoms with van der Waals surface area (Å²) in [7, 11) is 0. The Kier molecular flexibility index (Phi) is 7.00. The molecule has 6 nitrogen and oxygen atoms in total. The molecule has 0 saturated heterocycles. The van der Waals surface area contributed by atoms with Crippen LogP contribution in [0.2, 0.25) is 10.0 Å². The molecule has 3 aromatic rings. The van der Waals surface area contributed by atoms with Crippen LogP contribution < -0.4 is 10.2 Å². The Morgan fingerprint density at radius 2 is 1.52 bits per heavy atom. The highest BCUT2D eigenvalue weighted by Crippen LogP contribution is 2.35. The van der Waals surface area contributed by atoms with Crippen molar-refractivity contribution in [1.82, 2.24) is 15.4 Å². The summed E-state index contributed by atoms with van der Waals surface area (Å²) in [5.41, 5.74) is -0.602. The number of rotatable bonds is 4. The Morgan fingerprint density at radius 3 is 2.06 bits per heavy atom. The van der Waals surface area contributed by atoms with Crippen LogP contribution >= 0.6 is 23.2 Å². The predicted octanol–water partition coefficient (Wildman–Crippen LogP) is 6.67. The molecule has 33 heavy (non-hydrogen) atoms. The van der Waals surface area contributed by atoms with Crippen LogP contribution in [0.1, 0.15) is 16.8 Å². The van der Waals surface area contributed by atoms with E-state index < -0.39 is 33.5 Å². The molecule has 3 rings (SSSR count). The van der Waals surface area contributed by atoms with Crippen LogP contribution in [0.4, 0.5) is 32.0 Å². The van der Waals surface area contributed by atoms with Gasteiger partial charge in [0.25, 0.3) is 0 Å². The van der Waals surface area contributed by atoms with Gasteiger partial charge in [-0.2, -0.15) is 26.3 Å². The van der Waals surface area contributed by atoms with E-state index in [1.165, 1.54) is 24.3 Å². The highest BCUT2D eigenvalue weighted by molar-refractivity contribution is 6.33. The minimum absolute atomic E-state index is 0.0640. The second-order valence-corrected chi connectivity index (χ2v) is 7.05. The molecular weight excluding hydrogens is 501 g/mol. The molecule has 174 valence electrons. The lowest BCUT2D eigenvalue weighted by Crippen LogP contribution is -2.22. The second kappa shape index (κ2) is 9.41. The smallest absolute Gasteiger partial charge is 0.417 e. The Bertz CT molecular complexity index is 1200. The number of hydrogen-bond acceptors (Lipinski definition) is 5. The van der Waals surface area contributed by atoms with Gasteiger partial charge in [0.15, 0.2) is 5.84 Å². The van der Waals surface area contributed by atoms with Gasteiger partial charge in [0.2, 0.25) is 5.88 Å². The van der Waals surface area contributed by atoms with Gasteiger partial charge in [-0.3, -0.25) is 15.7 Å². The van der Waals surface area contributed by atoms with Crippen LogP contribution in [0, 0.1) is 0 Å². The van der Waals surface area contributed by atoms with E-state index in [0.717, 1.165) is 0 Å². The number of pyridine rings is 2. The van der Waals surface area contributed by atoms with Crippen molar-refractivity contribution in [3.8, 4) is 11.6 Å². The molecule has 2 heterocycles. The molecule has 0 saturated carbocycles. The highest BCUT2D eigenvalue weighted by Gasteiger charge is 2.32. The van der Waals surface area contributed by atoms with Gasteiger partial charge >= 0.3 is 12.4 Å². The fraction of sp³-hybridized carbons (Fsp3) is 0.105. The van der Waals surface area contributed by atoms with Crippen molar-refractivity contribution < 1.29 is 36.3 Å². The molecule has 0 spiro atoms. The summed E-state index contributed by atoms with van der Waals surface area (Å²) in [6.45, 7) is 0. The number of benzene rings is 1. The minimum Gasteiger partial charge on any atom is -0.437 e. The third-order valence-corrected chi connectivity index (χ3v) is 4.47. The first-order valence-electron chi connectivity index (χ1n) is 8.61. The molecule has 0 aliphatic rings. The first-order chi connectivity index (χ1) is 15.4. The van der Waals surface area contributed by atoms with Crippen molar-refractivity contribution in [2.75, 3.05) is 0 Å². The Labute approximate surface area is 191 Å². The molecule has 0 fully saturated rings. The number of amidine groups is 1. The fourth-order valence-corrected chi connectivity index (χ4v) is 2.87. The molecule has 0 atom stereocenters. The van der Waals surface area contributed by atoms with Crippen LogP contribution in [0.25, 0.3) is 0 Å². The molecule has 0 bridgehead atoms. The molecule has 2 aromatic heterocycles. The van der Waals surface area contributed by atoms with E-state index in [4.69, 9.17) is 27.9 Å². The highest BCUT2D eigenvalue weighted by atomic mass is 35.5. The zero-order chi connectivity index (χ0) is 24.4. The van der Waals surface area contributed by atoms with E-state index in [1.807, 2.05) is 0 Å². The standard InChI is InChI=1S/C19H10Cl2F6N4O2/c20-13-4-9(18(22,23)24)7-28-15(13)16(31-32)30-11-2-1-3-12(6-11)33-17-14(21)5-10(8-29-17)19(25,26)27/h1-8,32H,(H,30,31). The summed E-state index contributed by atoms with van der Waals surface area (Å²) in [5.74, 6) is -0.621. The van der Waals surface area contributed by atoms with E-state index in [0.29, 0.717) is 24.5 Å². The van der Waals surface area contributed by atoms with Crippen molar-refractivity contribution in [2.24, 2.45) is 4.99 Å². The number of halogens is 8. The van der Waals surface area contributed by atoms with Crippen LogP contribution in [0.3, 0.4) is 0 Å². The monoisotopic (exact) mass is 510 g/mol. The van der Waals surface area contributed by atoms with Gasteiger partial charge in [0.1, 0.15) is 16.5 Å². The second-order valence-electron chi connectivity index (χ2n) is 6.23. The zero-order valence-corrected chi connectivity index (χ0v) is 17.4. The van der Waals surface area contributed by atoms with Gasteiger partial charge in [-0.05, 0) is 24.3 Å². The SMILES string of the molecule is ONC(=Nc1cccc(Oc2ncc(C(F)(F)F)cc2Cl)c1)c1ncc(C(F)(F)F)cc1Cl. The topological polar surface area (TPSA) is 79.6 Å². The number of nitrogens with zero attached hydrogens (tertiary/aromatic N) is 3. The van der Waals surface area contributed by atoms with Crippen molar-refractivity contribution in [3.05, 3.63) is 75.7 Å². The summed E-state index contributed by atoms with van der Waals surface area (Å²) in [5, 5.41) is 8.55. The number of nitrogens with one attached hydrogen (secondary N) is 1. The number of hydrogen-bond donors (Lipinski definition) is 2. The summed E-state index contributed by atoms with van der Waals surface area (Å²) in [6, 6.07) is 6.87. The van der Waals surface area contributed by atoms with Crippen LogP contribution in [-0.4, -0.2) is 21.0 Å². The summed E-state index contributed by atoms with van der Waals surface area (Å²) < 4.78 is 81.9. The maximum atomic E-state index is 12.8. The maximum absolute atomic E-state index is 12.8. The molecular formula is C19H10Cl2F6N4O2. The van der Waals surface area contributed by atoms with E-state index >= 15 is 0 Å². The van der Waals surface area contributed by atoms with E-state index in [-0.39, 0.29) is 28.8 Å². The first-order valence-corrected chi connectivity index (χ1v) is 9.36. The van der Waals surface area contributed by atoms with Crippen molar-refractivity contribution in [1.29, 1.82) is 0 Å². The number of alkyl halides is 6. The summed E-state index contributed by atoms with van der Waals surface area (Å²) in [6.07, 6.45) is -8.23. The van der Waals surface area contributed by atoms with Crippen molar-refractivity contribution >= 4 is 34.7 Å². The van der Waals surface area contributed by atoms with Gasteiger partial charge in [0.05, 0.1) is 21.8 Å². The largest absolute Gasteiger partial charge is 0.437 e. The maximum Gasteiger partial charge on any atom is 0.417 e. The lowest BCUT2D eigenvalue weighted by molar-refractivity contribution is -0.138. The predicted molar refractivity (Wildman–Crippen MR) is 106 cm³/mol. The average Bonchev–Trinajstić information content (AvgIpc) is 2.72. The number of hydroxylamine groups is 1. The zero-order valence-electron chi connectivity index (χ0n) is 15.8. The molecule has 0 amide bonds. The number of ether oxygens (including phenoxy) is 1. The van der Waals surface area contributed by atoms with E-state index in [9.17, 15) is 31.5 Å². The lowest BCUT2D eigenvalue weighted by Gasteiger charge is -2.11. The Morgan fingerprint density at radius 1 is 0.909 bits per heavy atom. The van der Waals surface area contributed by atoms with Gasteiger partial charge in [0, 0.05) is 18.5 Å². The molecule has 1 aromatic carbocycles. The molecule has 2 N–H and O–H groups in total. The van der Waals surface area contributed by atoms with E-state index in [2.05, 4.69) is 15.0 Å².